The monoisotopic (exact) mass is 536 g/mol. The van der Waals surface area contributed by atoms with E-state index in [0.29, 0.717) is 49.3 Å². The number of nitrogens with two attached hydrogens (primary N) is 1. The summed E-state index contributed by atoms with van der Waals surface area (Å²) in [4.78, 5) is 40.5. The van der Waals surface area contributed by atoms with E-state index < -0.39 is 52.8 Å². The van der Waals surface area contributed by atoms with Gasteiger partial charge in [-0.05, 0) is 30.9 Å². The number of primary amides is 1. The van der Waals surface area contributed by atoms with Crippen LogP contribution in [0, 0.1) is 28.8 Å². The zero-order valence-corrected chi connectivity index (χ0v) is 22.5. The lowest BCUT2D eigenvalue weighted by molar-refractivity contribution is -0.130. The minimum absolute atomic E-state index is 0.0144. The highest BCUT2D eigenvalue weighted by atomic mass is 19.2. The molecule has 2 aromatic rings. The van der Waals surface area contributed by atoms with E-state index in [4.69, 9.17) is 5.73 Å². The molecule has 4 N–H and O–H groups in total. The molecule has 38 heavy (non-hydrogen) atoms. The Hall–Kier alpha value is -3.41. The van der Waals surface area contributed by atoms with Crippen LogP contribution < -0.4 is 16.4 Å². The molecule has 12 heteroatoms. The van der Waals surface area contributed by atoms with Crippen LogP contribution in [-0.2, 0) is 22.6 Å². The number of likely N-dealkylation sites (N-methyl/N-ethyl adjacent to an activating group) is 1. The number of nitrogens with zero attached hydrogens (tertiary/aromatic N) is 3. The maximum absolute atomic E-state index is 14.7. The standard InChI is InChI=1S/C26H35F3N6O3/c1-13(2)9-19(23(30)36)31-24(37)22(26(3,4)5)32-25(38)35-20-7-8-34(6)12-15(20)21(33-35)14-10-17(28)18(29)11-16(14)27/h10-11,13,19,22H,7-9,12H2,1-6H3,(H2,30,36)(H,31,37)(H,32,38). The first-order chi connectivity index (χ1) is 17.6. The molecule has 0 aliphatic carbocycles. The molecule has 0 radical (unpaired) electrons. The summed E-state index contributed by atoms with van der Waals surface area (Å²) in [6, 6.07) is -1.60. The summed E-state index contributed by atoms with van der Waals surface area (Å²) in [5, 5.41) is 9.62. The van der Waals surface area contributed by atoms with E-state index >= 15 is 0 Å². The molecule has 2 heterocycles. The van der Waals surface area contributed by atoms with Gasteiger partial charge in [0.25, 0.3) is 0 Å². The second-order valence-electron chi connectivity index (χ2n) is 11.3. The van der Waals surface area contributed by atoms with Crippen molar-refractivity contribution in [3.8, 4) is 11.3 Å². The number of aromatic nitrogens is 2. The van der Waals surface area contributed by atoms with Crippen molar-refractivity contribution in [1.82, 2.24) is 25.3 Å². The molecule has 0 saturated heterocycles. The average molecular weight is 537 g/mol. The number of carbonyl (C=O) groups excluding carboxylic acids is 3. The average Bonchev–Trinajstić information content (AvgIpc) is 3.16. The van der Waals surface area contributed by atoms with Crippen LogP contribution in [0.2, 0.25) is 0 Å². The number of benzene rings is 1. The molecule has 2 unspecified atom stereocenters. The molecule has 9 nitrogen and oxygen atoms in total. The van der Waals surface area contributed by atoms with E-state index in [1.54, 1.807) is 20.8 Å². The molecule has 0 bridgehead atoms. The molecule has 1 aliphatic rings. The minimum atomic E-state index is -1.33. The molecule has 1 aromatic heterocycles. The lowest BCUT2D eigenvalue weighted by atomic mass is 9.86. The molecule has 0 fully saturated rings. The van der Waals surface area contributed by atoms with Crippen LogP contribution in [0.15, 0.2) is 12.1 Å². The molecule has 1 aromatic carbocycles. The van der Waals surface area contributed by atoms with Crippen molar-refractivity contribution in [3.05, 3.63) is 40.8 Å². The molecule has 0 spiro atoms. The Morgan fingerprint density at radius 1 is 1.08 bits per heavy atom. The van der Waals surface area contributed by atoms with Gasteiger partial charge >= 0.3 is 6.03 Å². The number of hydrogen-bond acceptors (Lipinski definition) is 5. The predicted molar refractivity (Wildman–Crippen MR) is 135 cm³/mol. The van der Waals surface area contributed by atoms with Crippen molar-refractivity contribution < 1.29 is 27.6 Å². The Kier molecular flexibility index (Phi) is 8.55. The Labute approximate surface area is 219 Å². The molecular formula is C26H35F3N6O3. The maximum Gasteiger partial charge on any atom is 0.343 e. The summed E-state index contributed by atoms with van der Waals surface area (Å²) < 4.78 is 43.3. The Bertz CT molecular complexity index is 1240. The normalized spacial score (nSPS) is 15.6. The van der Waals surface area contributed by atoms with E-state index in [1.165, 1.54) is 0 Å². The number of rotatable bonds is 7. The summed E-state index contributed by atoms with van der Waals surface area (Å²) in [6.45, 7) is 9.88. The fourth-order valence-electron chi connectivity index (χ4n) is 4.47. The second-order valence-corrected chi connectivity index (χ2v) is 11.3. The van der Waals surface area contributed by atoms with Crippen LogP contribution in [0.25, 0.3) is 11.3 Å². The van der Waals surface area contributed by atoms with Gasteiger partial charge in [0.1, 0.15) is 23.6 Å². The molecular weight excluding hydrogens is 501 g/mol. The largest absolute Gasteiger partial charge is 0.368 e. The van der Waals surface area contributed by atoms with Crippen LogP contribution in [0.5, 0.6) is 0 Å². The maximum atomic E-state index is 14.7. The first kappa shape index (κ1) is 29.2. The van der Waals surface area contributed by atoms with Gasteiger partial charge < -0.3 is 21.3 Å². The molecule has 208 valence electrons. The highest BCUT2D eigenvalue weighted by molar-refractivity contribution is 5.92. The second kappa shape index (κ2) is 11.1. The predicted octanol–water partition coefficient (Wildman–Crippen LogP) is 2.94. The van der Waals surface area contributed by atoms with Crippen LogP contribution in [-0.4, -0.2) is 58.2 Å². The smallest absolute Gasteiger partial charge is 0.343 e. The van der Waals surface area contributed by atoms with Crippen LogP contribution in [0.1, 0.15) is 52.3 Å². The first-order valence-corrected chi connectivity index (χ1v) is 12.4. The highest BCUT2D eigenvalue weighted by Gasteiger charge is 2.37. The lowest BCUT2D eigenvalue weighted by Crippen LogP contribution is -2.58. The number of fused-ring (bicyclic) bond motifs is 1. The molecule has 3 amide bonds. The van der Waals surface area contributed by atoms with Crippen molar-refractivity contribution in [1.29, 1.82) is 0 Å². The van der Waals surface area contributed by atoms with Gasteiger partial charge in [-0.15, -0.1) is 0 Å². The first-order valence-electron chi connectivity index (χ1n) is 12.4. The number of carbonyl (C=O) groups is 3. The van der Waals surface area contributed by atoms with Crippen LogP contribution in [0.4, 0.5) is 18.0 Å². The lowest BCUT2D eigenvalue weighted by Gasteiger charge is -2.32. The number of nitrogens with one attached hydrogen (secondary N) is 2. The summed E-state index contributed by atoms with van der Waals surface area (Å²) in [7, 11) is 1.83. The fraction of sp³-hybridized carbons (Fsp3) is 0.538. The van der Waals surface area contributed by atoms with Gasteiger partial charge in [0.05, 0.1) is 5.69 Å². The molecule has 3 rings (SSSR count). The zero-order valence-electron chi connectivity index (χ0n) is 22.5. The van der Waals surface area contributed by atoms with Gasteiger partial charge in [0.15, 0.2) is 11.6 Å². The van der Waals surface area contributed by atoms with E-state index in [9.17, 15) is 27.6 Å². The minimum Gasteiger partial charge on any atom is -0.368 e. The van der Waals surface area contributed by atoms with Crippen LogP contribution >= 0.6 is 0 Å². The van der Waals surface area contributed by atoms with Gasteiger partial charge in [-0.1, -0.05) is 34.6 Å². The molecule has 0 saturated carbocycles. The van der Waals surface area contributed by atoms with E-state index in [1.807, 2.05) is 25.8 Å². The van der Waals surface area contributed by atoms with Crippen LogP contribution in [0.3, 0.4) is 0 Å². The summed E-state index contributed by atoms with van der Waals surface area (Å²) >= 11 is 0. The quantitative estimate of drug-likeness (QED) is 0.470. The SMILES string of the molecule is CC(C)CC(NC(=O)C(NC(=O)n1nc(-c2cc(F)c(F)cc2F)c2c1CCN(C)C2)C(C)(C)C)C(N)=O. The number of hydrogen-bond donors (Lipinski definition) is 3. The third-order valence-electron chi connectivity index (χ3n) is 6.47. The van der Waals surface area contributed by atoms with Gasteiger partial charge in [0, 0.05) is 36.7 Å². The Morgan fingerprint density at radius 2 is 1.71 bits per heavy atom. The van der Waals surface area contributed by atoms with Gasteiger partial charge in [0.2, 0.25) is 11.8 Å². The van der Waals surface area contributed by atoms with Crippen molar-refractivity contribution >= 4 is 17.8 Å². The third kappa shape index (κ3) is 6.35. The Balaban J connectivity index is 1.99. The number of amides is 3. The summed E-state index contributed by atoms with van der Waals surface area (Å²) in [6.07, 6.45) is 0.706. The van der Waals surface area contributed by atoms with Gasteiger partial charge in [-0.3, -0.25) is 9.59 Å². The van der Waals surface area contributed by atoms with E-state index in [2.05, 4.69) is 15.7 Å². The summed E-state index contributed by atoms with van der Waals surface area (Å²) in [5.41, 5.74) is 5.41. The van der Waals surface area contributed by atoms with E-state index in [-0.39, 0.29) is 17.2 Å². The third-order valence-corrected chi connectivity index (χ3v) is 6.47. The zero-order chi connectivity index (χ0) is 28.5. The van der Waals surface area contributed by atoms with Gasteiger partial charge in [-0.25, -0.2) is 18.0 Å². The fourth-order valence-corrected chi connectivity index (χ4v) is 4.47. The van der Waals surface area contributed by atoms with Crippen molar-refractivity contribution in [2.24, 2.45) is 17.1 Å². The van der Waals surface area contributed by atoms with E-state index in [0.717, 1.165) is 4.68 Å². The van der Waals surface area contributed by atoms with Gasteiger partial charge in [-0.2, -0.15) is 9.78 Å². The van der Waals surface area contributed by atoms with Crippen molar-refractivity contribution in [3.63, 3.8) is 0 Å². The Morgan fingerprint density at radius 3 is 2.29 bits per heavy atom. The van der Waals surface area contributed by atoms with Crippen molar-refractivity contribution in [2.75, 3.05) is 13.6 Å². The topological polar surface area (TPSA) is 122 Å². The summed E-state index contributed by atoms with van der Waals surface area (Å²) in [5.74, 6) is -4.79. The molecule has 1 aliphatic heterocycles. The number of halogens is 3. The highest BCUT2D eigenvalue weighted by Crippen LogP contribution is 2.32. The molecule has 2 atom stereocenters. The van der Waals surface area contributed by atoms with Crippen molar-refractivity contribution in [2.45, 2.75) is 66.1 Å².